The molecule has 0 saturated heterocycles. The first-order valence-corrected chi connectivity index (χ1v) is 12.7. The Hall–Kier alpha value is -0.563. The molecule has 0 radical (unpaired) electrons. The maximum Gasteiger partial charge on any atom is 0.0530 e. The van der Waals surface area contributed by atoms with E-state index in [0.717, 1.165) is 0 Å². The van der Waals surface area contributed by atoms with Gasteiger partial charge in [0.05, 0.1) is 8.07 Å². The summed E-state index contributed by atoms with van der Waals surface area (Å²) in [5.41, 5.74) is 4.57. The van der Waals surface area contributed by atoms with E-state index in [4.69, 9.17) is 0 Å². The molecule has 0 aromatic heterocycles. The highest BCUT2D eigenvalue weighted by Gasteiger charge is 2.25. The molecule has 0 amide bonds. The highest BCUT2D eigenvalue weighted by molar-refractivity contribution is 6.79. The Morgan fingerprint density at radius 3 is 1.52 bits per heavy atom. The number of allylic oxidation sites excluding steroid dienone is 6. The summed E-state index contributed by atoms with van der Waals surface area (Å²) in [5.74, 6) is 0. The zero-order valence-corrected chi connectivity index (χ0v) is 18.1. The van der Waals surface area contributed by atoms with E-state index in [1.165, 1.54) is 61.9 Å². The first kappa shape index (κ1) is 22.4. The van der Waals surface area contributed by atoms with Crippen LogP contribution in [0.2, 0.25) is 24.2 Å². The van der Waals surface area contributed by atoms with Gasteiger partial charge in [0.2, 0.25) is 0 Å². The Bertz CT molecular complexity index is 382. The second kappa shape index (κ2) is 12.8. The zero-order valence-electron chi connectivity index (χ0n) is 17.1. The van der Waals surface area contributed by atoms with Crippen molar-refractivity contribution in [3.63, 3.8) is 0 Å². The van der Waals surface area contributed by atoms with Crippen LogP contribution in [0.15, 0.2) is 34.9 Å². The summed E-state index contributed by atoms with van der Waals surface area (Å²) in [4.78, 5) is 0. The lowest BCUT2D eigenvalue weighted by atomic mass is 10.1. The lowest BCUT2D eigenvalue weighted by Gasteiger charge is -2.27. The Kier molecular flexibility index (Phi) is 12.5. The minimum absolute atomic E-state index is 0.920. The second-order valence-corrected chi connectivity index (χ2v) is 13.2. The smallest absolute Gasteiger partial charge is 0.0530 e. The van der Waals surface area contributed by atoms with Crippen LogP contribution in [0.1, 0.15) is 80.6 Å². The molecule has 0 nitrogen and oxygen atoms in total. The second-order valence-electron chi connectivity index (χ2n) is 7.56. The van der Waals surface area contributed by atoms with Crippen molar-refractivity contribution in [3.05, 3.63) is 34.9 Å². The molecule has 0 N–H and O–H groups in total. The molecule has 0 aliphatic heterocycles. The Labute approximate surface area is 148 Å². The van der Waals surface area contributed by atoms with Crippen molar-refractivity contribution in [1.82, 2.24) is 0 Å². The summed E-state index contributed by atoms with van der Waals surface area (Å²) in [7, 11) is -0.920. The molecule has 0 fully saturated rings. The molecule has 0 rings (SSSR count). The normalized spacial score (nSPS) is 13.3. The fourth-order valence-corrected chi connectivity index (χ4v) is 6.56. The highest BCUT2D eigenvalue weighted by Crippen LogP contribution is 2.27. The molecule has 1 heteroatoms. The van der Waals surface area contributed by atoms with Crippen LogP contribution in [-0.4, -0.2) is 8.07 Å². The molecule has 0 atom stereocenters. The molecule has 0 aliphatic carbocycles. The molecular formula is C22H42Si. The summed E-state index contributed by atoms with van der Waals surface area (Å²) in [6, 6.07) is 5.87. The predicted molar refractivity (Wildman–Crippen MR) is 112 cm³/mol. The van der Waals surface area contributed by atoms with Crippen LogP contribution in [0.4, 0.5) is 0 Å². The molecule has 23 heavy (non-hydrogen) atoms. The Balaban J connectivity index is 4.14. The van der Waals surface area contributed by atoms with Gasteiger partial charge >= 0.3 is 0 Å². The van der Waals surface area contributed by atoms with E-state index in [1.807, 2.05) is 0 Å². The van der Waals surface area contributed by atoms with Crippen LogP contribution in [0.5, 0.6) is 0 Å². The Morgan fingerprint density at radius 1 is 0.652 bits per heavy atom. The van der Waals surface area contributed by atoms with Crippen molar-refractivity contribution in [3.8, 4) is 0 Å². The average Bonchev–Trinajstić information content (AvgIpc) is 2.51. The molecule has 0 aromatic rings. The third-order valence-corrected chi connectivity index (χ3v) is 11.4. The van der Waals surface area contributed by atoms with E-state index in [2.05, 4.69) is 66.7 Å². The van der Waals surface area contributed by atoms with E-state index in [-0.39, 0.29) is 0 Å². The van der Waals surface area contributed by atoms with Crippen LogP contribution >= 0.6 is 0 Å². The summed E-state index contributed by atoms with van der Waals surface area (Å²) in [6.07, 6.45) is 13.5. The van der Waals surface area contributed by atoms with Crippen LogP contribution in [0.25, 0.3) is 0 Å². The molecule has 0 heterocycles. The average molecular weight is 335 g/mol. The van der Waals surface area contributed by atoms with Gasteiger partial charge in [-0.25, -0.2) is 0 Å². The summed E-state index contributed by atoms with van der Waals surface area (Å²) in [6.45, 7) is 16.2. The van der Waals surface area contributed by atoms with E-state index >= 15 is 0 Å². The van der Waals surface area contributed by atoms with Crippen molar-refractivity contribution < 1.29 is 0 Å². The topological polar surface area (TPSA) is 0 Å². The predicted octanol–water partition coefficient (Wildman–Crippen LogP) is 8.30. The van der Waals surface area contributed by atoms with E-state index in [1.54, 1.807) is 11.1 Å². The van der Waals surface area contributed by atoms with Gasteiger partial charge in [0.15, 0.2) is 0 Å². The lowest BCUT2D eigenvalue weighted by molar-refractivity contribution is 0.911. The fraction of sp³-hybridized carbons (Fsp3) is 0.727. The van der Waals surface area contributed by atoms with E-state index in [0.29, 0.717) is 0 Å². The first-order valence-electron chi connectivity index (χ1n) is 9.83. The standard InChI is InChI=1S/C22H42Si/c1-8-23(9-2,10-3)19-13-18-22(7)17-12-16-21(6)15-11-14-20(4)5/h14,16,18H,8-13,15,17,19H2,1-7H3/b21-16+,22-18+. The maximum absolute atomic E-state index is 2.52. The number of hydrogen-bond acceptors (Lipinski definition) is 0. The minimum Gasteiger partial charge on any atom is -0.0859 e. The van der Waals surface area contributed by atoms with Gasteiger partial charge in [0, 0.05) is 0 Å². The molecule has 0 aliphatic rings. The van der Waals surface area contributed by atoms with Crippen LogP contribution in [-0.2, 0) is 0 Å². The van der Waals surface area contributed by atoms with Crippen LogP contribution in [0, 0.1) is 0 Å². The lowest BCUT2D eigenvalue weighted by Crippen LogP contribution is -2.30. The molecule has 134 valence electrons. The quantitative estimate of drug-likeness (QED) is 0.248. The SMILES string of the molecule is CC[Si](CC)(CC)CC/C=C(\C)CC/C=C(\C)CCC=C(C)C. The van der Waals surface area contributed by atoms with Gasteiger partial charge in [0.25, 0.3) is 0 Å². The highest BCUT2D eigenvalue weighted by atomic mass is 28.3. The van der Waals surface area contributed by atoms with Gasteiger partial charge in [-0.1, -0.05) is 79.9 Å². The Morgan fingerprint density at radius 2 is 1.09 bits per heavy atom. The zero-order chi connectivity index (χ0) is 17.7. The van der Waals surface area contributed by atoms with Crippen LogP contribution in [0.3, 0.4) is 0 Å². The molecule has 0 aromatic carbocycles. The van der Waals surface area contributed by atoms with Gasteiger partial charge < -0.3 is 0 Å². The third kappa shape index (κ3) is 10.8. The van der Waals surface area contributed by atoms with Gasteiger partial charge in [0.1, 0.15) is 0 Å². The molecule has 0 bridgehead atoms. The van der Waals surface area contributed by atoms with Crippen molar-refractivity contribution in [2.45, 2.75) is 105 Å². The third-order valence-electron chi connectivity index (χ3n) is 5.54. The van der Waals surface area contributed by atoms with Gasteiger partial charge in [-0.2, -0.15) is 0 Å². The number of rotatable bonds is 12. The van der Waals surface area contributed by atoms with Gasteiger partial charge in [-0.05, 0) is 59.8 Å². The van der Waals surface area contributed by atoms with E-state index in [9.17, 15) is 0 Å². The number of hydrogen-bond donors (Lipinski definition) is 0. The van der Waals surface area contributed by atoms with Crippen LogP contribution < -0.4 is 0 Å². The summed E-state index contributed by atoms with van der Waals surface area (Å²) < 4.78 is 0. The maximum atomic E-state index is 2.52. The molecule has 0 unspecified atom stereocenters. The largest absolute Gasteiger partial charge is 0.0859 e. The monoisotopic (exact) mass is 334 g/mol. The van der Waals surface area contributed by atoms with Gasteiger partial charge in [-0.15, -0.1) is 0 Å². The van der Waals surface area contributed by atoms with Crippen molar-refractivity contribution in [1.29, 1.82) is 0 Å². The van der Waals surface area contributed by atoms with Crippen molar-refractivity contribution in [2.75, 3.05) is 0 Å². The first-order chi connectivity index (χ1) is 10.9. The van der Waals surface area contributed by atoms with Gasteiger partial charge in [-0.3, -0.25) is 0 Å². The summed E-state index contributed by atoms with van der Waals surface area (Å²) >= 11 is 0. The summed E-state index contributed by atoms with van der Waals surface area (Å²) in [5, 5.41) is 0. The minimum atomic E-state index is -0.920. The van der Waals surface area contributed by atoms with Crippen molar-refractivity contribution in [2.24, 2.45) is 0 Å². The fourth-order valence-electron chi connectivity index (χ4n) is 3.24. The molecule has 0 spiro atoms. The molecular weight excluding hydrogens is 292 g/mol. The van der Waals surface area contributed by atoms with Crippen molar-refractivity contribution >= 4 is 8.07 Å². The van der Waals surface area contributed by atoms with E-state index < -0.39 is 8.07 Å². The molecule has 0 saturated carbocycles.